The van der Waals surface area contributed by atoms with Gasteiger partial charge < -0.3 is 0 Å². The van der Waals surface area contributed by atoms with Crippen LogP contribution in [0.2, 0.25) is 0 Å². The molecule has 0 bridgehead atoms. The fourth-order valence-corrected chi connectivity index (χ4v) is 0. The van der Waals surface area contributed by atoms with Crippen molar-refractivity contribution in [3.05, 3.63) is 0 Å². The van der Waals surface area contributed by atoms with Gasteiger partial charge in [-0.05, 0) is 0 Å². The fourth-order valence-electron chi connectivity index (χ4n) is 0. The van der Waals surface area contributed by atoms with Crippen LogP contribution in [-0.2, 0) is 60.0 Å². The van der Waals surface area contributed by atoms with Gasteiger partial charge in [0, 0.05) is 36.3 Å². The van der Waals surface area contributed by atoms with Crippen LogP contribution in [0.1, 0.15) is 0 Å². The molecule has 1 nitrogen and oxygen atoms in total. The van der Waals surface area contributed by atoms with E-state index in [0.717, 1.165) is 20.4 Å². The van der Waals surface area contributed by atoms with Gasteiger partial charge in [-0.15, -0.1) is 0 Å². The average Bonchev–Trinajstić information content (AvgIpc) is 1.00. The SMILES string of the molecule is [Co].[O]=[Ti].[Ru].[SnH2]. The van der Waals surface area contributed by atoms with Crippen LogP contribution in [0.4, 0.5) is 0 Å². The molecule has 0 fully saturated rings. The summed E-state index contributed by atoms with van der Waals surface area (Å²) in [5, 5.41) is 0. The first-order valence-corrected chi connectivity index (χ1v) is 0.842. The Balaban J connectivity index is -0.00000000167. The molecule has 3 radical (unpaired) electrons. The zero-order chi connectivity index (χ0) is 2.00. The van der Waals surface area contributed by atoms with Crippen molar-refractivity contribution in [3.8, 4) is 0 Å². The predicted molar refractivity (Wildman–Crippen MR) is 9.23 cm³/mol. The molecule has 0 aliphatic heterocycles. The summed E-state index contributed by atoms with van der Waals surface area (Å²) < 4.78 is 8.25. The molecular weight excluding hydrogens is 343 g/mol. The molecule has 0 aromatic heterocycles. The summed E-state index contributed by atoms with van der Waals surface area (Å²) in [6.07, 6.45) is 0. The van der Waals surface area contributed by atoms with Crippen molar-refractivity contribution in [2.24, 2.45) is 0 Å². The van der Waals surface area contributed by atoms with Gasteiger partial charge in [-0.25, -0.2) is 0 Å². The van der Waals surface area contributed by atoms with Gasteiger partial charge in [0.2, 0.25) is 0 Å². The van der Waals surface area contributed by atoms with Crippen molar-refractivity contribution in [2.75, 3.05) is 0 Å². The van der Waals surface area contributed by atoms with Crippen LogP contribution in [0, 0.1) is 0 Å². The van der Waals surface area contributed by atoms with Crippen molar-refractivity contribution < 1.29 is 60.0 Å². The van der Waals surface area contributed by atoms with Gasteiger partial charge in [0.25, 0.3) is 0 Å². The van der Waals surface area contributed by atoms with Gasteiger partial charge in [-0.2, -0.15) is 0 Å². The Labute approximate surface area is 82.7 Å². The van der Waals surface area contributed by atoms with E-state index in [0.29, 0.717) is 0 Å². The second-order valence-electron chi connectivity index (χ2n) is 0. The molecule has 0 heterocycles. The second kappa shape index (κ2) is 32.0. The Morgan fingerprint density at radius 3 is 1.20 bits per heavy atom. The van der Waals surface area contributed by atoms with Gasteiger partial charge in [-0.3, -0.25) is 0 Å². The third kappa shape index (κ3) is 21.3. The maximum atomic E-state index is 8.25. The van der Waals surface area contributed by atoms with Crippen molar-refractivity contribution in [2.45, 2.75) is 0 Å². The van der Waals surface area contributed by atoms with Gasteiger partial charge in [0.1, 0.15) is 0 Å². The molecule has 5 heavy (non-hydrogen) atoms. The Bertz CT molecular complexity index is 11.6. The van der Waals surface area contributed by atoms with E-state index in [2.05, 4.69) is 0 Å². The zero-order valence-corrected chi connectivity index (χ0v) is 10.7. The molecule has 0 aromatic rings. The molecule has 0 rings (SSSR count). The first kappa shape index (κ1) is 26.1. The molecule has 0 aliphatic rings. The van der Waals surface area contributed by atoms with Crippen LogP contribution in [0.3, 0.4) is 0 Å². The Morgan fingerprint density at radius 2 is 1.20 bits per heavy atom. The monoisotopic (exact) mass is 347 g/mol. The Morgan fingerprint density at radius 1 is 1.20 bits per heavy atom. The number of hydrogen-bond acceptors (Lipinski definition) is 1. The molecule has 0 aromatic carbocycles. The van der Waals surface area contributed by atoms with Crippen LogP contribution in [-0.4, -0.2) is 23.9 Å². The molecule has 33 valence electrons. The summed E-state index contributed by atoms with van der Waals surface area (Å²) in [4.78, 5) is 0. The molecule has 0 atom stereocenters. The molecule has 0 saturated heterocycles. The van der Waals surface area contributed by atoms with Crippen LogP contribution >= 0.6 is 0 Å². The summed E-state index contributed by atoms with van der Waals surface area (Å²) in [5.41, 5.74) is 0. The normalized spacial score (nSPS) is 0.600. The minimum absolute atomic E-state index is 0. The molecular formula is H2CoORuSnTi. The summed E-state index contributed by atoms with van der Waals surface area (Å²) in [6, 6.07) is 0. The van der Waals surface area contributed by atoms with Crippen molar-refractivity contribution in [3.63, 3.8) is 0 Å². The van der Waals surface area contributed by atoms with Gasteiger partial charge in [0.05, 0.1) is 0 Å². The summed E-state index contributed by atoms with van der Waals surface area (Å²) in [6.45, 7) is 0. The second-order valence-corrected chi connectivity index (χ2v) is 0. The van der Waals surface area contributed by atoms with Crippen LogP contribution < -0.4 is 0 Å². The number of rotatable bonds is 0. The van der Waals surface area contributed by atoms with Crippen LogP contribution in [0.15, 0.2) is 0 Å². The van der Waals surface area contributed by atoms with E-state index in [4.69, 9.17) is 3.32 Å². The Kier molecular flexibility index (Phi) is 167. The van der Waals surface area contributed by atoms with E-state index >= 15 is 0 Å². The van der Waals surface area contributed by atoms with E-state index in [9.17, 15) is 0 Å². The summed E-state index contributed by atoms with van der Waals surface area (Å²) in [7, 11) is 0. The van der Waals surface area contributed by atoms with Crippen molar-refractivity contribution in [1.29, 1.82) is 0 Å². The van der Waals surface area contributed by atoms with E-state index < -0.39 is 0 Å². The van der Waals surface area contributed by atoms with Gasteiger partial charge in [-0.1, -0.05) is 0 Å². The first-order chi connectivity index (χ1) is 1.00. The molecule has 0 aliphatic carbocycles. The minimum atomic E-state index is 0. The van der Waals surface area contributed by atoms with E-state index in [1.807, 2.05) is 0 Å². The fraction of sp³-hybridized carbons (Fsp3) is 0. The van der Waals surface area contributed by atoms with Crippen molar-refractivity contribution >= 4 is 23.9 Å². The van der Waals surface area contributed by atoms with Crippen molar-refractivity contribution in [1.82, 2.24) is 0 Å². The van der Waals surface area contributed by atoms with E-state index in [1.165, 1.54) is 0 Å². The molecule has 0 amide bonds. The molecule has 0 unspecified atom stereocenters. The molecule has 0 saturated carbocycles. The quantitative estimate of drug-likeness (QED) is 0.513. The zero-order valence-electron chi connectivity index (χ0n) is 2.30. The van der Waals surface area contributed by atoms with E-state index in [1.54, 1.807) is 0 Å². The van der Waals surface area contributed by atoms with Crippen LogP contribution in [0.25, 0.3) is 0 Å². The summed E-state index contributed by atoms with van der Waals surface area (Å²) >= 11 is 0.750. The number of hydrogen-bond donors (Lipinski definition) is 0. The topological polar surface area (TPSA) is 17.1 Å². The average molecular weight is 345 g/mol. The standard InChI is InChI=1S/Co.O.Ru.Sn.Ti.2H. The maximum absolute atomic E-state index is 8.25. The predicted octanol–water partition coefficient (Wildman–Crippen LogP) is -1.04. The Hall–Kier alpha value is 2.44. The molecule has 5 heteroatoms. The third-order valence-electron chi connectivity index (χ3n) is 0. The van der Waals surface area contributed by atoms with Gasteiger partial charge in [0.15, 0.2) is 0 Å². The third-order valence-corrected chi connectivity index (χ3v) is 0. The van der Waals surface area contributed by atoms with E-state index in [-0.39, 0.29) is 60.2 Å². The van der Waals surface area contributed by atoms with Crippen LogP contribution in [0.5, 0.6) is 0 Å². The molecule has 0 spiro atoms. The molecule has 0 N–H and O–H groups in total. The first-order valence-electron chi connectivity index (χ1n) is 0.204. The van der Waals surface area contributed by atoms with Gasteiger partial charge >= 0.3 is 47.6 Å². The summed E-state index contributed by atoms with van der Waals surface area (Å²) in [5.74, 6) is 0.